The fourth-order valence-electron chi connectivity index (χ4n) is 1.91. The SMILES string of the molecule is COCCN(CCOC)C(=O)c1cc(OC#N)cc(C)c1O. The van der Waals surface area contributed by atoms with Crippen LogP contribution >= 0.6 is 0 Å². The minimum atomic E-state index is -0.377. The molecule has 0 atom stereocenters. The van der Waals surface area contributed by atoms with Gasteiger partial charge in [-0.15, -0.1) is 5.26 Å². The molecule has 0 radical (unpaired) electrons. The molecule has 0 aliphatic carbocycles. The van der Waals surface area contributed by atoms with E-state index in [2.05, 4.69) is 0 Å². The van der Waals surface area contributed by atoms with Crippen LogP contribution in [0.2, 0.25) is 0 Å². The van der Waals surface area contributed by atoms with Crippen LogP contribution in [0.25, 0.3) is 0 Å². The van der Waals surface area contributed by atoms with Crippen LogP contribution in [0.15, 0.2) is 12.1 Å². The zero-order valence-electron chi connectivity index (χ0n) is 13.0. The number of ether oxygens (including phenoxy) is 3. The Morgan fingerprint density at radius 3 is 2.36 bits per heavy atom. The van der Waals surface area contributed by atoms with Gasteiger partial charge in [0, 0.05) is 27.3 Å². The number of phenolic OH excluding ortho intramolecular Hbond substituents is 1. The molecule has 22 heavy (non-hydrogen) atoms. The maximum absolute atomic E-state index is 12.6. The van der Waals surface area contributed by atoms with Gasteiger partial charge in [-0.2, -0.15) is 0 Å². The number of carbonyl (C=O) groups is 1. The van der Waals surface area contributed by atoms with Gasteiger partial charge in [-0.05, 0) is 24.6 Å². The Bertz CT molecular complexity index is 546. The highest BCUT2D eigenvalue weighted by Gasteiger charge is 2.21. The molecule has 0 bridgehead atoms. The number of nitriles is 1. The molecular weight excluding hydrogens is 288 g/mol. The minimum Gasteiger partial charge on any atom is -0.507 e. The molecule has 0 fully saturated rings. The van der Waals surface area contributed by atoms with Crippen molar-refractivity contribution < 1.29 is 24.1 Å². The molecule has 1 amide bonds. The Balaban J connectivity index is 3.08. The number of amides is 1. The van der Waals surface area contributed by atoms with Crippen LogP contribution in [0.5, 0.6) is 11.5 Å². The largest absolute Gasteiger partial charge is 0.507 e. The molecular formula is C15H20N2O5. The van der Waals surface area contributed by atoms with Crippen LogP contribution in [0.4, 0.5) is 0 Å². The van der Waals surface area contributed by atoms with Crippen LogP contribution < -0.4 is 4.74 Å². The smallest absolute Gasteiger partial charge is 0.292 e. The van der Waals surface area contributed by atoms with Crippen LogP contribution in [-0.4, -0.2) is 56.4 Å². The standard InChI is InChI=1S/C15H20N2O5/c1-11-8-12(22-10-16)9-13(14(11)18)15(19)17(4-6-20-2)5-7-21-3/h8-9,18H,4-7H2,1-3H3. The van der Waals surface area contributed by atoms with E-state index in [0.717, 1.165) is 0 Å². The fraction of sp³-hybridized carbons (Fsp3) is 0.467. The fourth-order valence-corrected chi connectivity index (χ4v) is 1.91. The summed E-state index contributed by atoms with van der Waals surface area (Å²) in [5.41, 5.74) is 0.534. The first-order valence-corrected chi connectivity index (χ1v) is 6.71. The van der Waals surface area contributed by atoms with E-state index in [1.54, 1.807) is 27.4 Å². The first-order chi connectivity index (χ1) is 10.5. The van der Waals surface area contributed by atoms with E-state index in [1.807, 2.05) is 0 Å². The molecule has 0 aliphatic heterocycles. The van der Waals surface area contributed by atoms with Gasteiger partial charge < -0.3 is 24.2 Å². The Hall–Kier alpha value is -2.30. The first-order valence-electron chi connectivity index (χ1n) is 6.71. The number of methoxy groups -OCH3 is 2. The number of hydrogen-bond acceptors (Lipinski definition) is 6. The maximum Gasteiger partial charge on any atom is 0.292 e. The summed E-state index contributed by atoms with van der Waals surface area (Å²) in [6.07, 6.45) is 1.55. The average molecular weight is 308 g/mol. The Kier molecular flexibility index (Phi) is 7.16. The number of hydrogen-bond donors (Lipinski definition) is 1. The van der Waals surface area contributed by atoms with Crippen molar-refractivity contribution in [1.82, 2.24) is 4.90 Å². The number of benzene rings is 1. The van der Waals surface area contributed by atoms with Gasteiger partial charge in [-0.25, -0.2) is 0 Å². The van der Waals surface area contributed by atoms with Crippen molar-refractivity contribution in [1.29, 1.82) is 5.26 Å². The summed E-state index contributed by atoms with van der Waals surface area (Å²) in [6, 6.07) is 2.84. The molecule has 7 nitrogen and oxygen atoms in total. The lowest BCUT2D eigenvalue weighted by molar-refractivity contribution is 0.0624. The summed E-state index contributed by atoms with van der Waals surface area (Å²) in [6.45, 7) is 3.08. The van der Waals surface area contributed by atoms with Crippen LogP contribution in [0.1, 0.15) is 15.9 Å². The molecule has 0 saturated heterocycles. The van der Waals surface area contributed by atoms with Crippen molar-refractivity contribution >= 4 is 5.91 Å². The molecule has 0 spiro atoms. The zero-order valence-corrected chi connectivity index (χ0v) is 13.0. The molecule has 7 heteroatoms. The molecule has 0 heterocycles. The lowest BCUT2D eigenvalue weighted by Crippen LogP contribution is -2.36. The molecule has 0 saturated carbocycles. The Morgan fingerprint density at radius 1 is 1.27 bits per heavy atom. The Morgan fingerprint density at radius 2 is 1.86 bits per heavy atom. The van der Waals surface area contributed by atoms with Crippen molar-refractivity contribution in [3.63, 3.8) is 0 Å². The predicted molar refractivity (Wildman–Crippen MR) is 78.7 cm³/mol. The third-order valence-electron chi connectivity index (χ3n) is 3.09. The lowest BCUT2D eigenvalue weighted by atomic mass is 10.1. The van der Waals surface area contributed by atoms with E-state index in [1.165, 1.54) is 17.0 Å². The van der Waals surface area contributed by atoms with Gasteiger partial charge in [-0.3, -0.25) is 4.79 Å². The van der Waals surface area contributed by atoms with Gasteiger partial charge in [-0.1, -0.05) is 0 Å². The average Bonchev–Trinajstić information content (AvgIpc) is 2.50. The molecule has 1 rings (SSSR count). The summed E-state index contributed by atoms with van der Waals surface area (Å²) in [7, 11) is 3.09. The quantitative estimate of drug-likeness (QED) is 0.728. The molecule has 1 aromatic rings. The van der Waals surface area contributed by atoms with Gasteiger partial charge in [0.2, 0.25) is 0 Å². The van der Waals surface area contributed by atoms with Crippen molar-refractivity contribution in [2.75, 3.05) is 40.5 Å². The topological polar surface area (TPSA) is 92.0 Å². The van der Waals surface area contributed by atoms with E-state index in [4.69, 9.17) is 19.5 Å². The molecule has 1 N–H and O–H groups in total. The second-order valence-corrected chi connectivity index (χ2v) is 4.61. The number of phenols is 1. The Labute approximate surface area is 129 Å². The van der Waals surface area contributed by atoms with Crippen molar-refractivity contribution in [3.05, 3.63) is 23.3 Å². The molecule has 120 valence electrons. The second-order valence-electron chi connectivity index (χ2n) is 4.61. The monoisotopic (exact) mass is 308 g/mol. The first kappa shape index (κ1) is 17.8. The minimum absolute atomic E-state index is 0.0810. The van der Waals surface area contributed by atoms with E-state index >= 15 is 0 Å². The van der Waals surface area contributed by atoms with Gasteiger partial charge in [0.15, 0.2) is 0 Å². The predicted octanol–water partition coefficient (Wildman–Crippen LogP) is 1.30. The summed E-state index contributed by atoms with van der Waals surface area (Å²) < 4.78 is 14.7. The third-order valence-corrected chi connectivity index (χ3v) is 3.09. The van der Waals surface area contributed by atoms with Gasteiger partial charge in [0.05, 0.1) is 18.8 Å². The van der Waals surface area contributed by atoms with Crippen LogP contribution in [0.3, 0.4) is 0 Å². The third kappa shape index (κ3) is 4.62. The van der Waals surface area contributed by atoms with E-state index in [-0.39, 0.29) is 23.0 Å². The number of nitrogens with zero attached hydrogens (tertiary/aromatic N) is 2. The number of carbonyl (C=O) groups excluding carboxylic acids is 1. The highest BCUT2D eigenvalue weighted by atomic mass is 16.5. The number of aromatic hydroxyl groups is 1. The molecule has 1 aromatic carbocycles. The highest BCUT2D eigenvalue weighted by molar-refractivity contribution is 5.97. The highest BCUT2D eigenvalue weighted by Crippen LogP contribution is 2.28. The summed E-state index contributed by atoms with van der Waals surface area (Å²) >= 11 is 0. The van der Waals surface area contributed by atoms with Crippen LogP contribution in [-0.2, 0) is 9.47 Å². The summed E-state index contributed by atoms with van der Waals surface area (Å²) in [5.74, 6) is -0.298. The zero-order chi connectivity index (χ0) is 16.5. The van der Waals surface area contributed by atoms with Crippen molar-refractivity contribution in [2.45, 2.75) is 6.92 Å². The molecule has 0 aliphatic rings. The van der Waals surface area contributed by atoms with Gasteiger partial charge in [0.25, 0.3) is 12.2 Å². The summed E-state index contributed by atoms with van der Waals surface area (Å²) in [5, 5.41) is 18.7. The number of rotatable bonds is 8. The van der Waals surface area contributed by atoms with Gasteiger partial charge in [0.1, 0.15) is 11.5 Å². The molecule has 0 unspecified atom stereocenters. The lowest BCUT2D eigenvalue weighted by Gasteiger charge is -2.23. The van der Waals surface area contributed by atoms with Crippen molar-refractivity contribution in [2.24, 2.45) is 0 Å². The van der Waals surface area contributed by atoms with Crippen molar-refractivity contribution in [3.8, 4) is 17.8 Å². The van der Waals surface area contributed by atoms with Crippen LogP contribution in [0, 0.1) is 18.4 Å². The second kappa shape index (κ2) is 8.87. The van der Waals surface area contributed by atoms with E-state index < -0.39 is 0 Å². The maximum atomic E-state index is 12.6. The van der Waals surface area contributed by atoms with E-state index in [9.17, 15) is 9.90 Å². The normalized spacial score (nSPS) is 10.1. The van der Waals surface area contributed by atoms with E-state index in [0.29, 0.717) is 31.9 Å². The molecule has 0 aromatic heterocycles. The summed E-state index contributed by atoms with van der Waals surface area (Å²) in [4.78, 5) is 14.1. The van der Waals surface area contributed by atoms with Gasteiger partial charge >= 0.3 is 0 Å². The number of aryl methyl sites for hydroxylation is 1.